The number of amides is 2. The van der Waals surface area contributed by atoms with Crippen LogP contribution in [0, 0.1) is 0 Å². The van der Waals surface area contributed by atoms with Gasteiger partial charge >= 0.3 is 18.0 Å². The average molecular weight is 579 g/mol. The maximum Gasteiger partial charge on any atom is 0.337 e. The highest BCUT2D eigenvalue weighted by Gasteiger charge is 2.32. The number of aliphatic hydroxyl groups excluding tert-OH is 1. The zero-order valence-corrected chi connectivity index (χ0v) is 23.0. The highest BCUT2D eigenvalue weighted by atomic mass is 16.5. The van der Waals surface area contributed by atoms with Gasteiger partial charge in [0.25, 0.3) is 0 Å². The van der Waals surface area contributed by atoms with Crippen LogP contribution in [0.5, 0.6) is 11.5 Å². The van der Waals surface area contributed by atoms with E-state index in [4.69, 9.17) is 18.6 Å². The van der Waals surface area contributed by atoms with E-state index >= 15 is 0 Å². The number of ether oxygens (including phenoxy) is 3. The predicted octanol–water partition coefficient (Wildman–Crippen LogP) is 3.17. The molecule has 2 heterocycles. The van der Waals surface area contributed by atoms with E-state index in [1.54, 1.807) is 56.3 Å². The fourth-order valence-electron chi connectivity index (χ4n) is 4.19. The summed E-state index contributed by atoms with van der Waals surface area (Å²) in [5.41, 5.74) is 4.47. The normalized spacial score (nSPS) is 15.5. The first kappa shape index (κ1) is 29.7. The van der Waals surface area contributed by atoms with E-state index in [-0.39, 0.29) is 17.7 Å². The summed E-state index contributed by atoms with van der Waals surface area (Å²) in [6, 6.07) is 13.4. The van der Waals surface area contributed by atoms with Crippen molar-refractivity contribution in [3.8, 4) is 22.8 Å². The molecular weight excluding hydrogens is 548 g/mol. The topological polar surface area (TPSA) is 181 Å². The van der Waals surface area contributed by atoms with Crippen LogP contribution >= 0.6 is 0 Å². The van der Waals surface area contributed by atoms with E-state index < -0.39 is 30.2 Å². The van der Waals surface area contributed by atoms with Gasteiger partial charge in [0.15, 0.2) is 17.7 Å². The molecule has 0 bridgehead atoms. The lowest BCUT2D eigenvalue weighted by atomic mass is 9.95. The number of allylic oxidation sites excluding steroid dienone is 1. The largest absolute Gasteiger partial charge is 0.490 e. The van der Waals surface area contributed by atoms with Gasteiger partial charge in [0, 0.05) is 11.3 Å². The molecule has 0 saturated carbocycles. The van der Waals surface area contributed by atoms with Gasteiger partial charge in [0.05, 0.1) is 37.1 Å². The average Bonchev–Trinajstić information content (AvgIpc) is 3.45. The molecule has 0 saturated heterocycles. The van der Waals surface area contributed by atoms with Crippen molar-refractivity contribution in [3.63, 3.8) is 0 Å². The Kier molecular flexibility index (Phi) is 9.45. The molecule has 0 fully saturated rings. The van der Waals surface area contributed by atoms with Crippen molar-refractivity contribution in [2.24, 2.45) is 5.10 Å². The standard InChI is InChI=1S/C29H30N4O9/c1-4-40-23-13-18(26-25(28(37)39-3)16(2)31-29(38)32-26)8-10-22(23)41-15-24(34)33-30-14-20-9-11-21(42-20)17-6-5-7-19(12-17)27(35)36/h5-14,24,26,33-34H,4,15H2,1-3H3,(H,35,36)(H2,31,32,38)/b30-14+/t24-,26+/m0/s1. The summed E-state index contributed by atoms with van der Waals surface area (Å²) < 4.78 is 22.0. The molecule has 3 aromatic rings. The van der Waals surface area contributed by atoms with Crippen LogP contribution in [0.3, 0.4) is 0 Å². The molecule has 0 radical (unpaired) electrons. The Morgan fingerprint density at radius 2 is 1.95 bits per heavy atom. The summed E-state index contributed by atoms with van der Waals surface area (Å²) in [7, 11) is 1.26. The molecule has 5 N–H and O–H groups in total. The van der Waals surface area contributed by atoms with Crippen molar-refractivity contribution in [1.29, 1.82) is 0 Å². The lowest BCUT2D eigenvalue weighted by Crippen LogP contribution is -2.45. The van der Waals surface area contributed by atoms with Crippen molar-refractivity contribution < 1.29 is 43.2 Å². The van der Waals surface area contributed by atoms with Gasteiger partial charge in [-0.1, -0.05) is 18.2 Å². The Balaban J connectivity index is 1.39. The zero-order valence-electron chi connectivity index (χ0n) is 23.0. The van der Waals surface area contributed by atoms with Gasteiger partial charge in [-0.2, -0.15) is 5.10 Å². The number of aromatic carboxylic acids is 1. The second kappa shape index (κ2) is 13.4. The molecule has 220 valence electrons. The smallest absolute Gasteiger partial charge is 0.337 e. The molecule has 42 heavy (non-hydrogen) atoms. The van der Waals surface area contributed by atoms with Crippen LogP contribution in [-0.4, -0.2) is 60.9 Å². The number of hydrogen-bond donors (Lipinski definition) is 5. The van der Waals surface area contributed by atoms with Crippen LogP contribution in [-0.2, 0) is 9.53 Å². The number of urea groups is 1. The number of carboxylic acids is 1. The molecule has 1 aromatic heterocycles. The summed E-state index contributed by atoms with van der Waals surface area (Å²) in [6.07, 6.45) is 0.160. The molecule has 0 unspecified atom stereocenters. The van der Waals surface area contributed by atoms with Gasteiger partial charge in [-0.25, -0.2) is 14.4 Å². The van der Waals surface area contributed by atoms with E-state index in [9.17, 15) is 24.6 Å². The van der Waals surface area contributed by atoms with Crippen LogP contribution < -0.4 is 25.5 Å². The van der Waals surface area contributed by atoms with Crippen molar-refractivity contribution in [2.45, 2.75) is 26.1 Å². The molecule has 4 rings (SSSR count). The van der Waals surface area contributed by atoms with Gasteiger partial charge in [0.2, 0.25) is 0 Å². The van der Waals surface area contributed by atoms with Crippen LogP contribution in [0.25, 0.3) is 11.3 Å². The van der Waals surface area contributed by atoms with Crippen molar-refractivity contribution >= 4 is 24.2 Å². The maximum atomic E-state index is 12.4. The molecule has 0 spiro atoms. The number of nitrogens with zero attached hydrogens (tertiary/aromatic N) is 1. The lowest BCUT2D eigenvalue weighted by Gasteiger charge is -2.28. The van der Waals surface area contributed by atoms with E-state index in [1.165, 1.54) is 25.5 Å². The Hall–Kier alpha value is -5.30. The number of hydrazone groups is 1. The molecule has 13 nitrogen and oxygen atoms in total. The molecular formula is C29H30N4O9. The summed E-state index contributed by atoms with van der Waals surface area (Å²) in [5.74, 6) is -0.119. The Labute approximate surface area is 240 Å². The summed E-state index contributed by atoms with van der Waals surface area (Å²) >= 11 is 0. The summed E-state index contributed by atoms with van der Waals surface area (Å²) in [5, 5.41) is 28.8. The van der Waals surface area contributed by atoms with Crippen molar-refractivity contribution in [1.82, 2.24) is 16.1 Å². The maximum absolute atomic E-state index is 12.4. The minimum Gasteiger partial charge on any atom is -0.490 e. The number of rotatable bonds is 12. The third-order valence-corrected chi connectivity index (χ3v) is 6.11. The van der Waals surface area contributed by atoms with Gasteiger partial charge in [-0.05, 0) is 55.8 Å². The van der Waals surface area contributed by atoms with Gasteiger partial charge < -0.3 is 39.5 Å². The Bertz CT molecular complexity index is 1530. The van der Waals surface area contributed by atoms with Gasteiger partial charge in [-0.3, -0.25) is 5.43 Å². The van der Waals surface area contributed by atoms with Gasteiger partial charge in [0.1, 0.15) is 18.1 Å². The highest BCUT2D eigenvalue weighted by molar-refractivity contribution is 5.95. The highest BCUT2D eigenvalue weighted by Crippen LogP contribution is 2.35. The summed E-state index contributed by atoms with van der Waals surface area (Å²) in [6.45, 7) is 3.52. The van der Waals surface area contributed by atoms with E-state index in [0.29, 0.717) is 46.5 Å². The van der Waals surface area contributed by atoms with Crippen LogP contribution in [0.15, 0.2) is 75.4 Å². The van der Waals surface area contributed by atoms with Crippen molar-refractivity contribution in [2.75, 3.05) is 20.3 Å². The minimum atomic E-state index is -1.20. The quantitative estimate of drug-likeness (QED) is 0.0927. The summed E-state index contributed by atoms with van der Waals surface area (Å²) in [4.78, 5) is 35.7. The van der Waals surface area contributed by atoms with E-state index in [0.717, 1.165) is 0 Å². The second-order valence-electron chi connectivity index (χ2n) is 9.00. The first-order chi connectivity index (χ1) is 20.2. The fourth-order valence-corrected chi connectivity index (χ4v) is 4.19. The Morgan fingerprint density at radius 1 is 1.14 bits per heavy atom. The zero-order chi connectivity index (χ0) is 30.2. The Morgan fingerprint density at radius 3 is 2.69 bits per heavy atom. The van der Waals surface area contributed by atoms with Crippen molar-refractivity contribution in [3.05, 3.63) is 82.8 Å². The predicted molar refractivity (Wildman–Crippen MR) is 150 cm³/mol. The number of carbonyl (C=O) groups is 3. The molecule has 1 aliphatic heterocycles. The number of aliphatic hydroxyl groups is 1. The van der Waals surface area contributed by atoms with Crippen LogP contribution in [0.4, 0.5) is 4.79 Å². The molecule has 0 aliphatic carbocycles. The van der Waals surface area contributed by atoms with Crippen LogP contribution in [0.1, 0.15) is 41.6 Å². The third-order valence-electron chi connectivity index (χ3n) is 6.11. The van der Waals surface area contributed by atoms with E-state index in [1.807, 2.05) is 0 Å². The van der Waals surface area contributed by atoms with Crippen LogP contribution in [0.2, 0.25) is 0 Å². The number of nitrogens with one attached hydrogen (secondary N) is 3. The number of esters is 1. The monoisotopic (exact) mass is 578 g/mol. The number of furan rings is 1. The first-order valence-corrected chi connectivity index (χ1v) is 12.9. The fraction of sp³-hybridized carbons (Fsp3) is 0.241. The number of hydrogen-bond acceptors (Lipinski definition) is 10. The second-order valence-corrected chi connectivity index (χ2v) is 9.00. The molecule has 2 amide bonds. The SMILES string of the molecule is CCOc1cc([C@H]2NC(=O)NC(C)=C2C(=O)OC)ccc1OC[C@H](O)N/N=C/c1ccc(-c2cccc(C(=O)O)c2)o1. The number of carbonyl (C=O) groups excluding carboxylic acids is 2. The first-order valence-electron chi connectivity index (χ1n) is 12.9. The molecule has 13 heteroatoms. The number of carboxylic acid groups (broad SMARTS) is 1. The lowest BCUT2D eigenvalue weighted by molar-refractivity contribution is -0.136. The van der Waals surface area contributed by atoms with Gasteiger partial charge in [-0.15, -0.1) is 0 Å². The van der Waals surface area contributed by atoms with E-state index in [2.05, 4.69) is 21.2 Å². The number of benzene rings is 2. The number of methoxy groups -OCH3 is 1. The molecule has 2 aromatic carbocycles. The molecule has 1 aliphatic rings. The minimum absolute atomic E-state index is 0.141. The third kappa shape index (κ3) is 7.06. The molecule has 2 atom stereocenters.